The van der Waals surface area contributed by atoms with Crippen LogP contribution in [0, 0.1) is 5.92 Å². The fourth-order valence-electron chi connectivity index (χ4n) is 3.04. The zero-order valence-electron chi connectivity index (χ0n) is 15.4. The molecule has 0 N–H and O–H groups in total. The predicted octanol–water partition coefficient (Wildman–Crippen LogP) is 6.31. The normalized spacial score (nSPS) is 25.3. The van der Waals surface area contributed by atoms with Crippen molar-refractivity contribution >= 4 is 8.32 Å². The summed E-state index contributed by atoms with van der Waals surface area (Å²) in [6, 6.07) is 10.8. The summed E-state index contributed by atoms with van der Waals surface area (Å²) in [7, 11) is -1.81. The van der Waals surface area contributed by atoms with Gasteiger partial charge >= 0.3 is 0 Å². The average Bonchev–Trinajstić information content (AvgIpc) is 2.49. The van der Waals surface area contributed by atoms with Crippen molar-refractivity contribution in [2.24, 2.45) is 5.92 Å². The molecule has 0 heterocycles. The third-order valence-electron chi connectivity index (χ3n) is 5.49. The largest absolute Gasteiger partial charge is 0.413 e. The fourth-order valence-corrected chi connectivity index (χ4v) is 4.42. The first-order chi connectivity index (χ1) is 10.8. The van der Waals surface area contributed by atoms with E-state index in [1.807, 2.05) is 6.08 Å². The van der Waals surface area contributed by atoms with Gasteiger partial charge < -0.3 is 4.43 Å². The minimum atomic E-state index is -1.81. The molecule has 0 aliphatic heterocycles. The van der Waals surface area contributed by atoms with E-state index in [1.165, 1.54) is 5.56 Å². The van der Waals surface area contributed by atoms with Gasteiger partial charge in [0.05, 0.1) is 6.10 Å². The lowest BCUT2D eigenvalue weighted by Crippen LogP contribution is -2.48. The number of allylic oxidation sites excluding steroid dienone is 2. The Morgan fingerprint density at radius 1 is 1.22 bits per heavy atom. The van der Waals surface area contributed by atoms with E-state index < -0.39 is 8.32 Å². The summed E-state index contributed by atoms with van der Waals surface area (Å²) in [5.41, 5.74) is 1.36. The molecule has 1 aliphatic carbocycles. The predicted molar refractivity (Wildman–Crippen MR) is 103 cm³/mol. The molecule has 0 spiro atoms. The lowest BCUT2D eigenvalue weighted by Gasteiger charge is -2.44. The monoisotopic (exact) mass is 328 g/mol. The van der Waals surface area contributed by atoms with Crippen molar-refractivity contribution in [1.29, 1.82) is 0 Å². The number of benzene rings is 1. The quantitative estimate of drug-likeness (QED) is 0.454. The minimum absolute atomic E-state index is 0.230. The summed E-state index contributed by atoms with van der Waals surface area (Å²) in [6.45, 7) is 15.6. The molecule has 2 rings (SSSR count). The number of hydrogen-bond acceptors (Lipinski definition) is 1. The molecule has 126 valence electrons. The molecule has 1 aromatic carbocycles. The van der Waals surface area contributed by atoms with Gasteiger partial charge in [-0.05, 0) is 42.5 Å². The highest BCUT2D eigenvalue weighted by Gasteiger charge is 2.43. The minimum Gasteiger partial charge on any atom is -0.413 e. The van der Waals surface area contributed by atoms with Gasteiger partial charge in [0.1, 0.15) is 0 Å². The van der Waals surface area contributed by atoms with Gasteiger partial charge in [-0.15, -0.1) is 6.58 Å². The molecule has 0 saturated heterocycles. The van der Waals surface area contributed by atoms with Crippen molar-refractivity contribution in [3.63, 3.8) is 0 Å². The first kappa shape index (κ1) is 18.2. The van der Waals surface area contributed by atoms with Crippen LogP contribution in [0.25, 0.3) is 0 Å². The standard InChI is InChI=1S/C21H32OSi/c1-7-12-18-15-11-16-19(17-13-9-8-10-14-17)20(18)22-23(5,6)21(2,3)4/h7-11,13-14,16,18-20H,1,12,15H2,2-6H3/t18-,19-,20+/m1/s1. The Hall–Kier alpha value is -1.12. The van der Waals surface area contributed by atoms with E-state index in [0.29, 0.717) is 11.8 Å². The number of rotatable bonds is 5. The van der Waals surface area contributed by atoms with Crippen LogP contribution >= 0.6 is 0 Å². The zero-order chi connectivity index (χ0) is 17.1. The molecular weight excluding hydrogens is 296 g/mol. The molecular formula is C21H32OSi. The summed E-state index contributed by atoms with van der Waals surface area (Å²) in [4.78, 5) is 0. The highest BCUT2D eigenvalue weighted by atomic mass is 28.4. The third kappa shape index (κ3) is 4.24. The zero-order valence-corrected chi connectivity index (χ0v) is 16.4. The molecule has 0 radical (unpaired) electrons. The Morgan fingerprint density at radius 2 is 1.87 bits per heavy atom. The molecule has 0 amide bonds. The van der Waals surface area contributed by atoms with Crippen molar-refractivity contribution in [2.75, 3.05) is 0 Å². The van der Waals surface area contributed by atoms with Gasteiger partial charge in [0.2, 0.25) is 0 Å². The summed E-state index contributed by atoms with van der Waals surface area (Å²) in [5, 5.41) is 0.230. The van der Waals surface area contributed by atoms with Crippen LogP contribution in [0.3, 0.4) is 0 Å². The summed E-state index contributed by atoms with van der Waals surface area (Å²) in [5.74, 6) is 0.876. The lowest BCUT2D eigenvalue weighted by molar-refractivity contribution is 0.0992. The van der Waals surface area contributed by atoms with Crippen LogP contribution in [0.2, 0.25) is 18.1 Å². The molecule has 1 aromatic rings. The first-order valence-electron chi connectivity index (χ1n) is 8.76. The van der Waals surface area contributed by atoms with Crippen molar-refractivity contribution in [3.05, 3.63) is 60.7 Å². The molecule has 1 nitrogen and oxygen atoms in total. The summed E-state index contributed by atoms with van der Waals surface area (Å²) in [6.07, 6.45) is 9.10. The maximum absolute atomic E-state index is 6.92. The van der Waals surface area contributed by atoms with Gasteiger partial charge in [0.15, 0.2) is 8.32 Å². The average molecular weight is 329 g/mol. The van der Waals surface area contributed by atoms with E-state index in [1.54, 1.807) is 0 Å². The lowest BCUT2D eigenvalue weighted by atomic mass is 9.78. The molecule has 3 atom stereocenters. The summed E-state index contributed by atoms with van der Waals surface area (Å²) >= 11 is 0. The molecule has 0 bridgehead atoms. The Morgan fingerprint density at radius 3 is 2.43 bits per heavy atom. The molecule has 0 unspecified atom stereocenters. The van der Waals surface area contributed by atoms with E-state index in [0.717, 1.165) is 12.8 Å². The van der Waals surface area contributed by atoms with Gasteiger partial charge in [-0.1, -0.05) is 69.3 Å². The van der Waals surface area contributed by atoms with Crippen LogP contribution in [0.15, 0.2) is 55.1 Å². The van der Waals surface area contributed by atoms with Crippen LogP contribution < -0.4 is 0 Å². The van der Waals surface area contributed by atoms with Crippen molar-refractivity contribution in [3.8, 4) is 0 Å². The molecule has 2 heteroatoms. The molecule has 0 fully saturated rings. The van der Waals surface area contributed by atoms with Gasteiger partial charge in [0.25, 0.3) is 0 Å². The maximum Gasteiger partial charge on any atom is 0.192 e. The van der Waals surface area contributed by atoms with Crippen LogP contribution in [0.4, 0.5) is 0 Å². The van der Waals surface area contributed by atoms with Crippen LogP contribution in [-0.4, -0.2) is 14.4 Å². The Bertz CT molecular complexity index is 539. The third-order valence-corrected chi connectivity index (χ3v) is 9.97. The van der Waals surface area contributed by atoms with E-state index in [2.05, 4.69) is 82.9 Å². The topological polar surface area (TPSA) is 9.23 Å². The highest BCUT2D eigenvalue weighted by Crippen LogP contribution is 2.43. The Balaban J connectivity index is 2.34. The van der Waals surface area contributed by atoms with Crippen LogP contribution in [-0.2, 0) is 4.43 Å². The van der Waals surface area contributed by atoms with E-state index in [-0.39, 0.29) is 11.1 Å². The van der Waals surface area contributed by atoms with Gasteiger partial charge in [0, 0.05) is 5.92 Å². The van der Waals surface area contributed by atoms with Crippen molar-refractivity contribution < 1.29 is 4.43 Å². The van der Waals surface area contributed by atoms with Crippen molar-refractivity contribution in [1.82, 2.24) is 0 Å². The van der Waals surface area contributed by atoms with E-state index >= 15 is 0 Å². The van der Waals surface area contributed by atoms with Crippen molar-refractivity contribution in [2.45, 2.75) is 63.8 Å². The van der Waals surface area contributed by atoms with E-state index in [9.17, 15) is 0 Å². The molecule has 23 heavy (non-hydrogen) atoms. The Kier molecular flexibility index (Phi) is 5.69. The fraction of sp³-hybridized carbons (Fsp3) is 0.524. The number of hydrogen-bond donors (Lipinski definition) is 0. The highest BCUT2D eigenvalue weighted by molar-refractivity contribution is 6.74. The Labute approximate surface area is 143 Å². The summed E-state index contributed by atoms with van der Waals surface area (Å²) < 4.78 is 6.92. The molecule has 0 saturated carbocycles. The maximum atomic E-state index is 6.92. The van der Waals surface area contributed by atoms with Crippen LogP contribution in [0.5, 0.6) is 0 Å². The second-order valence-corrected chi connectivity index (χ2v) is 13.0. The van der Waals surface area contributed by atoms with E-state index in [4.69, 9.17) is 4.43 Å². The first-order valence-corrected chi connectivity index (χ1v) is 11.7. The molecule has 1 aliphatic rings. The second kappa shape index (κ2) is 7.19. The molecule has 0 aromatic heterocycles. The van der Waals surface area contributed by atoms with Gasteiger partial charge in [-0.3, -0.25) is 0 Å². The SMILES string of the molecule is C=CC[C@@H]1CC=C[C@H](c2ccccc2)[C@H]1O[Si](C)(C)C(C)(C)C. The van der Waals surface area contributed by atoms with Gasteiger partial charge in [-0.2, -0.15) is 0 Å². The smallest absolute Gasteiger partial charge is 0.192 e. The second-order valence-electron chi connectivity index (χ2n) is 8.23. The van der Waals surface area contributed by atoms with Gasteiger partial charge in [-0.25, -0.2) is 0 Å². The van der Waals surface area contributed by atoms with Crippen LogP contribution in [0.1, 0.15) is 45.1 Å².